The molecule has 0 aliphatic heterocycles. The number of benzene rings is 1. The Balaban J connectivity index is 1.45. The lowest BCUT2D eigenvalue weighted by atomic mass is 9.95. The van der Waals surface area contributed by atoms with Gasteiger partial charge in [-0.25, -0.2) is 4.98 Å². The highest BCUT2D eigenvalue weighted by atomic mass is 32.1. The molecule has 0 spiro atoms. The lowest BCUT2D eigenvalue weighted by Crippen LogP contribution is -2.38. The van der Waals surface area contributed by atoms with Gasteiger partial charge in [0.05, 0.1) is 6.61 Å². The lowest BCUT2D eigenvalue weighted by Gasteiger charge is -2.22. The van der Waals surface area contributed by atoms with Crippen molar-refractivity contribution in [3.63, 3.8) is 0 Å². The topological polar surface area (TPSA) is 80.3 Å². The van der Waals surface area contributed by atoms with Crippen molar-refractivity contribution in [2.45, 2.75) is 51.5 Å². The summed E-state index contributed by atoms with van der Waals surface area (Å²) in [6.45, 7) is 2.88. The zero-order valence-corrected chi connectivity index (χ0v) is 17.0. The van der Waals surface area contributed by atoms with E-state index < -0.39 is 0 Å². The number of amides is 2. The highest BCUT2D eigenvalue weighted by Gasteiger charge is 2.16. The van der Waals surface area contributed by atoms with Crippen LogP contribution in [-0.4, -0.2) is 36.0 Å². The van der Waals surface area contributed by atoms with Crippen LogP contribution < -0.4 is 15.4 Å². The average Bonchev–Trinajstić information content (AvgIpc) is 3.20. The summed E-state index contributed by atoms with van der Waals surface area (Å²) in [4.78, 5) is 28.7. The zero-order chi connectivity index (χ0) is 19.8. The molecule has 1 aliphatic rings. The van der Waals surface area contributed by atoms with E-state index in [-0.39, 0.29) is 18.2 Å². The number of rotatable bonds is 8. The van der Waals surface area contributed by atoms with Crippen molar-refractivity contribution >= 4 is 23.2 Å². The highest BCUT2D eigenvalue weighted by Crippen LogP contribution is 2.25. The number of carbonyl (C=O) groups excluding carboxylic acids is 2. The molecule has 2 aromatic rings. The van der Waals surface area contributed by atoms with Crippen molar-refractivity contribution in [3.05, 3.63) is 35.3 Å². The molecule has 1 aromatic carbocycles. The van der Waals surface area contributed by atoms with E-state index in [1.54, 1.807) is 5.38 Å². The van der Waals surface area contributed by atoms with Crippen LogP contribution in [0.15, 0.2) is 29.6 Å². The predicted octanol–water partition coefficient (Wildman–Crippen LogP) is 3.78. The smallest absolute Gasteiger partial charge is 0.270 e. The van der Waals surface area contributed by atoms with Crippen LogP contribution in [0.2, 0.25) is 0 Å². The van der Waals surface area contributed by atoms with Gasteiger partial charge in [-0.3, -0.25) is 9.59 Å². The van der Waals surface area contributed by atoms with Gasteiger partial charge in [0.15, 0.2) is 0 Å². The molecule has 0 bridgehead atoms. The van der Waals surface area contributed by atoms with Crippen LogP contribution in [-0.2, 0) is 4.79 Å². The van der Waals surface area contributed by atoms with E-state index in [1.807, 2.05) is 31.2 Å². The molecule has 0 radical (unpaired) electrons. The van der Waals surface area contributed by atoms with Crippen molar-refractivity contribution < 1.29 is 14.3 Å². The predicted molar refractivity (Wildman–Crippen MR) is 111 cm³/mol. The lowest BCUT2D eigenvalue weighted by molar-refractivity contribution is -0.121. The maximum absolute atomic E-state index is 12.3. The van der Waals surface area contributed by atoms with E-state index in [2.05, 4.69) is 15.6 Å². The first-order chi connectivity index (χ1) is 13.7. The number of nitrogens with zero attached hydrogens (tertiary/aromatic N) is 1. The summed E-state index contributed by atoms with van der Waals surface area (Å²) in [5, 5.41) is 8.36. The Morgan fingerprint density at radius 2 is 1.93 bits per heavy atom. The summed E-state index contributed by atoms with van der Waals surface area (Å²) in [6.07, 6.45) is 6.04. The SMILES string of the molecule is CCOc1ccc(-c2nc(C(=O)NCCC(=O)NC3CCCCC3)cs2)cc1. The van der Waals surface area contributed by atoms with E-state index in [0.717, 1.165) is 29.2 Å². The molecular formula is C21H27N3O3S. The Hall–Kier alpha value is -2.41. The van der Waals surface area contributed by atoms with Crippen LogP contribution in [0.3, 0.4) is 0 Å². The summed E-state index contributed by atoms with van der Waals surface area (Å²) >= 11 is 1.42. The molecule has 3 rings (SSSR count). The van der Waals surface area contributed by atoms with Crippen molar-refractivity contribution in [1.82, 2.24) is 15.6 Å². The summed E-state index contributed by atoms with van der Waals surface area (Å²) in [5.41, 5.74) is 1.32. The molecule has 0 unspecified atom stereocenters. The van der Waals surface area contributed by atoms with Crippen LogP contribution in [0.25, 0.3) is 10.6 Å². The molecule has 1 fully saturated rings. The van der Waals surface area contributed by atoms with E-state index in [1.165, 1.54) is 30.6 Å². The first kappa shape index (κ1) is 20.3. The molecule has 6 nitrogen and oxygen atoms in total. The zero-order valence-electron chi connectivity index (χ0n) is 16.2. The second-order valence-electron chi connectivity index (χ2n) is 6.90. The van der Waals surface area contributed by atoms with Gasteiger partial charge < -0.3 is 15.4 Å². The number of thiazole rings is 1. The first-order valence-electron chi connectivity index (χ1n) is 9.92. The number of aromatic nitrogens is 1. The quantitative estimate of drug-likeness (QED) is 0.705. The van der Waals surface area contributed by atoms with E-state index >= 15 is 0 Å². The molecule has 0 atom stereocenters. The third kappa shape index (κ3) is 5.79. The van der Waals surface area contributed by atoms with Gasteiger partial charge in [-0.1, -0.05) is 19.3 Å². The summed E-state index contributed by atoms with van der Waals surface area (Å²) in [6, 6.07) is 7.95. The fourth-order valence-electron chi connectivity index (χ4n) is 3.30. The Kier molecular flexibility index (Phi) is 7.42. The van der Waals surface area contributed by atoms with Crippen LogP contribution >= 0.6 is 11.3 Å². The molecule has 28 heavy (non-hydrogen) atoms. The molecule has 2 N–H and O–H groups in total. The molecule has 150 valence electrons. The van der Waals surface area contributed by atoms with Gasteiger partial charge >= 0.3 is 0 Å². The fourth-order valence-corrected chi connectivity index (χ4v) is 4.10. The van der Waals surface area contributed by atoms with Crippen molar-refractivity contribution in [2.24, 2.45) is 0 Å². The second-order valence-corrected chi connectivity index (χ2v) is 7.76. The first-order valence-corrected chi connectivity index (χ1v) is 10.8. The summed E-state index contributed by atoms with van der Waals surface area (Å²) in [7, 11) is 0. The van der Waals surface area contributed by atoms with Crippen molar-refractivity contribution in [2.75, 3.05) is 13.2 Å². The molecule has 7 heteroatoms. The van der Waals surface area contributed by atoms with Gasteiger partial charge in [0.2, 0.25) is 5.91 Å². The van der Waals surface area contributed by atoms with Crippen LogP contribution in [0.4, 0.5) is 0 Å². The number of hydrogen-bond acceptors (Lipinski definition) is 5. The molecule has 2 amide bonds. The third-order valence-corrected chi connectivity index (χ3v) is 5.65. The molecular weight excluding hydrogens is 374 g/mol. The van der Waals surface area contributed by atoms with Gasteiger partial charge in [-0.2, -0.15) is 0 Å². The van der Waals surface area contributed by atoms with Gasteiger partial charge in [0, 0.05) is 30.0 Å². The van der Waals surface area contributed by atoms with E-state index in [9.17, 15) is 9.59 Å². The maximum atomic E-state index is 12.3. The van der Waals surface area contributed by atoms with Gasteiger partial charge in [0.25, 0.3) is 5.91 Å². The average molecular weight is 402 g/mol. The highest BCUT2D eigenvalue weighted by molar-refractivity contribution is 7.13. The fraction of sp³-hybridized carbons (Fsp3) is 0.476. The minimum Gasteiger partial charge on any atom is -0.494 e. The van der Waals surface area contributed by atoms with Crippen LogP contribution in [0.5, 0.6) is 5.75 Å². The standard InChI is InChI=1S/C21H27N3O3S/c1-2-27-17-10-8-15(9-11-17)21-24-18(14-28-21)20(26)22-13-12-19(25)23-16-6-4-3-5-7-16/h8-11,14,16H,2-7,12-13H2,1H3,(H,22,26)(H,23,25). The maximum Gasteiger partial charge on any atom is 0.270 e. The Bertz CT molecular complexity index is 782. The minimum absolute atomic E-state index is 0.000514. The third-order valence-electron chi connectivity index (χ3n) is 4.76. The van der Waals surface area contributed by atoms with Crippen LogP contribution in [0, 0.1) is 0 Å². The van der Waals surface area contributed by atoms with Crippen LogP contribution in [0.1, 0.15) is 55.9 Å². The van der Waals surface area contributed by atoms with Gasteiger partial charge in [-0.05, 0) is 44.0 Å². The second kappa shape index (κ2) is 10.2. The molecule has 1 heterocycles. The minimum atomic E-state index is -0.251. The normalized spacial score (nSPS) is 14.5. The van der Waals surface area contributed by atoms with Crippen molar-refractivity contribution in [1.29, 1.82) is 0 Å². The largest absolute Gasteiger partial charge is 0.494 e. The van der Waals surface area contributed by atoms with Gasteiger partial charge in [0.1, 0.15) is 16.5 Å². The number of nitrogens with one attached hydrogen (secondary N) is 2. The monoisotopic (exact) mass is 401 g/mol. The van der Waals surface area contributed by atoms with Crippen molar-refractivity contribution in [3.8, 4) is 16.3 Å². The summed E-state index contributed by atoms with van der Waals surface area (Å²) < 4.78 is 5.44. The number of hydrogen-bond donors (Lipinski definition) is 2. The number of carbonyl (C=O) groups is 2. The van der Waals surface area contributed by atoms with Gasteiger partial charge in [-0.15, -0.1) is 11.3 Å². The Morgan fingerprint density at radius 3 is 2.64 bits per heavy atom. The summed E-state index contributed by atoms with van der Waals surface area (Å²) in [5.74, 6) is 0.562. The van der Waals surface area contributed by atoms with E-state index in [4.69, 9.17) is 4.74 Å². The number of ether oxygens (including phenoxy) is 1. The molecule has 1 saturated carbocycles. The molecule has 0 saturated heterocycles. The Morgan fingerprint density at radius 1 is 1.18 bits per heavy atom. The van der Waals surface area contributed by atoms with E-state index in [0.29, 0.717) is 24.9 Å². The molecule has 1 aromatic heterocycles. The Labute approximate surface area is 169 Å². The molecule has 1 aliphatic carbocycles.